The van der Waals surface area contributed by atoms with Crippen molar-refractivity contribution in [1.82, 2.24) is 4.31 Å². The largest absolute Gasteiger partial charge is 0.379 e. The van der Waals surface area contributed by atoms with Gasteiger partial charge in [-0.25, -0.2) is 13.6 Å². The van der Waals surface area contributed by atoms with Gasteiger partial charge >= 0.3 is 0 Å². The fraction of sp³-hybridized carbons (Fsp3) is 0.235. The summed E-state index contributed by atoms with van der Waals surface area (Å²) in [5.74, 6) is -0.599. The fourth-order valence-electron chi connectivity index (χ4n) is 2.80. The van der Waals surface area contributed by atoms with Crippen molar-refractivity contribution in [2.75, 3.05) is 36.3 Å². The average molecular weight is 475 g/mol. The van der Waals surface area contributed by atoms with Gasteiger partial charge in [0.2, 0.25) is 10.0 Å². The van der Waals surface area contributed by atoms with Gasteiger partial charge in [0.05, 0.1) is 23.9 Å². The standard InChI is InChI=1S/C17H19ClN4O6S2/c18-15-5-4-12(10-16(15)29(24,25)22-6-8-28-9-7-22)17(23)20-13-2-1-3-14(11-13)21-30(19,26)27/h1-5,10-11,21H,6-9H2,(H,20,23)(H2,19,26,27). The van der Waals surface area contributed by atoms with E-state index in [1.807, 2.05) is 0 Å². The smallest absolute Gasteiger partial charge is 0.296 e. The second-order valence-electron chi connectivity index (χ2n) is 6.34. The Morgan fingerprint density at radius 1 is 1.03 bits per heavy atom. The minimum atomic E-state index is -3.97. The minimum Gasteiger partial charge on any atom is -0.379 e. The molecular weight excluding hydrogens is 456 g/mol. The molecular formula is C17H19ClN4O6S2. The SMILES string of the molecule is NS(=O)(=O)Nc1cccc(NC(=O)c2ccc(Cl)c(S(=O)(=O)N3CCOCC3)c2)c1. The van der Waals surface area contributed by atoms with Crippen LogP contribution in [0.1, 0.15) is 10.4 Å². The molecule has 0 aliphatic carbocycles. The van der Waals surface area contributed by atoms with E-state index in [9.17, 15) is 21.6 Å². The van der Waals surface area contributed by atoms with Crippen molar-refractivity contribution in [3.63, 3.8) is 0 Å². The molecule has 4 N–H and O–H groups in total. The van der Waals surface area contributed by atoms with Crippen LogP contribution in [0.4, 0.5) is 11.4 Å². The quantitative estimate of drug-likeness (QED) is 0.573. The molecule has 10 nitrogen and oxygen atoms in total. The van der Waals surface area contributed by atoms with Crippen molar-refractivity contribution in [2.45, 2.75) is 4.90 Å². The number of rotatable bonds is 6. The molecule has 0 atom stereocenters. The normalized spacial score (nSPS) is 15.5. The van der Waals surface area contributed by atoms with Gasteiger partial charge in [-0.05, 0) is 36.4 Å². The third-order valence-electron chi connectivity index (χ3n) is 4.16. The molecule has 2 aromatic carbocycles. The van der Waals surface area contributed by atoms with Crippen LogP contribution in [0.25, 0.3) is 0 Å². The molecule has 3 rings (SSSR count). The number of sulfonamides is 1. The number of nitrogens with one attached hydrogen (secondary N) is 2. The van der Waals surface area contributed by atoms with Gasteiger partial charge in [-0.1, -0.05) is 17.7 Å². The summed E-state index contributed by atoms with van der Waals surface area (Å²) in [6, 6.07) is 9.80. The fourth-order valence-corrected chi connectivity index (χ4v) is 5.16. The Labute approximate surface area is 179 Å². The molecule has 1 fully saturated rings. The van der Waals surface area contributed by atoms with Gasteiger partial charge in [-0.3, -0.25) is 9.52 Å². The molecule has 162 valence electrons. The molecule has 30 heavy (non-hydrogen) atoms. The van der Waals surface area contributed by atoms with E-state index >= 15 is 0 Å². The van der Waals surface area contributed by atoms with E-state index in [4.69, 9.17) is 21.5 Å². The van der Waals surface area contributed by atoms with Crippen LogP contribution in [0, 0.1) is 0 Å². The molecule has 1 heterocycles. The second kappa shape index (κ2) is 8.88. The summed E-state index contributed by atoms with van der Waals surface area (Å²) in [6.07, 6.45) is 0. The van der Waals surface area contributed by atoms with Crippen LogP contribution in [-0.4, -0.2) is 53.4 Å². The lowest BCUT2D eigenvalue weighted by Gasteiger charge is -2.26. The van der Waals surface area contributed by atoms with Crippen LogP contribution in [0.3, 0.4) is 0 Å². The molecule has 1 aliphatic heterocycles. The Morgan fingerprint density at radius 2 is 1.70 bits per heavy atom. The Hall–Kier alpha value is -2.22. The van der Waals surface area contributed by atoms with Gasteiger partial charge in [0.25, 0.3) is 16.1 Å². The van der Waals surface area contributed by atoms with Crippen molar-refractivity contribution < 1.29 is 26.4 Å². The van der Waals surface area contributed by atoms with Gasteiger partial charge in [-0.15, -0.1) is 0 Å². The lowest BCUT2D eigenvalue weighted by molar-refractivity contribution is 0.0730. The summed E-state index contributed by atoms with van der Waals surface area (Å²) in [4.78, 5) is 12.5. The Bertz CT molecular complexity index is 1160. The average Bonchev–Trinajstić information content (AvgIpc) is 2.67. The molecule has 0 spiro atoms. The maximum Gasteiger partial charge on any atom is 0.296 e. The second-order valence-corrected chi connectivity index (χ2v) is 9.95. The van der Waals surface area contributed by atoms with Gasteiger partial charge in [0, 0.05) is 24.3 Å². The summed E-state index contributed by atoms with van der Waals surface area (Å²) in [5.41, 5.74) is 0.499. The van der Waals surface area contributed by atoms with E-state index in [1.54, 1.807) is 0 Å². The van der Waals surface area contributed by atoms with Crippen LogP contribution in [0.15, 0.2) is 47.4 Å². The number of amides is 1. The number of nitrogens with zero attached hydrogens (tertiary/aromatic N) is 1. The highest BCUT2D eigenvalue weighted by Gasteiger charge is 2.29. The van der Waals surface area contributed by atoms with E-state index in [0.717, 1.165) is 0 Å². The first-order chi connectivity index (χ1) is 14.1. The van der Waals surface area contributed by atoms with E-state index in [1.165, 1.54) is 46.8 Å². The monoisotopic (exact) mass is 474 g/mol. The van der Waals surface area contributed by atoms with Crippen LogP contribution in [0.2, 0.25) is 5.02 Å². The molecule has 1 saturated heterocycles. The van der Waals surface area contributed by atoms with E-state index in [2.05, 4.69) is 10.0 Å². The number of hydrogen-bond acceptors (Lipinski definition) is 6. The zero-order chi connectivity index (χ0) is 21.9. The van der Waals surface area contributed by atoms with Crippen LogP contribution >= 0.6 is 11.6 Å². The Kier molecular flexibility index (Phi) is 6.65. The number of benzene rings is 2. The van der Waals surface area contributed by atoms with Gasteiger partial charge in [-0.2, -0.15) is 12.7 Å². The van der Waals surface area contributed by atoms with Crippen molar-refractivity contribution >= 4 is 49.1 Å². The van der Waals surface area contributed by atoms with Crippen molar-refractivity contribution in [3.05, 3.63) is 53.1 Å². The predicted octanol–water partition coefficient (Wildman–Crippen LogP) is 1.23. The highest BCUT2D eigenvalue weighted by molar-refractivity contribution is 7.90. The van der Waals surface area contributed by atoms with Gasteiger partial charge in [0.1, 0.15) is 4.90 Å². The van der Waals surface area contributed by atoms with Crippen molar-refractivity contribution in [2.24, 2.45) is 5.14 Å². The lowest BCUT2D eigenvalue weighted by atomic mass is 10.2. The first kappa shape index (κ1) is 22.5. The number of nitrogens with two attached hydrogens (primary N) is 1. The number of morpholine rings is 1. The lowest BCUT2D eigenvalue weighted by Crippen LogP contribution is -2.40. The molecule has 13 heteroatoms. The molecule has 0 saturated carbocycles. The highest BCUT2D eigenvalue weighted by Crippen LogP contribution is 2.27. The molecule has 1 amide bonds. The summed E-state index contributed by atoms with van der Waals surface area (Å²) in [6.45, 7) is 0.942. The van der Waals surface area contributed by atoms with E-state index in [-0.39, 0.29) is 53.2 Å². The molecule has 1 aliphatic rings. The minimum absolute atomic E-state index is 0.00242. The zero-order valence-corrected chi connectivity index (χ0v) is 17.9. The first-order valence-corrected chi connectivity index (χ1v) is 12.0. The number of anilines is 2. The highest BCUT2D eigenvalue weighted by atomic mass is 35.5. The van der Waals surface area contributed by atoms with Crippen molar-refractivity contribution in [3.8, 4) is 0 Å². The summed E-state index contributed by atoms with van der Waals surface area (Å²) in [5, 5.41) is 7.51. The molecule has 0 bridgehead atoms. The Morgan fingerprint density at radius 3 is 2.37 bits per heavy atom. The first-order valence-electron chi connectivity index (χ1n) is 8.66. The topological polar surface area (TPSA) is 148 Å². The van der Waals surface area contributed by atoms with Crippen LogP contribution < -0.4 is 15.2 Å². The molecule has 0 radical (unpaired) electrons. The Balaban J connectivity index is 1.84. The van der Waals surface area contributed by atoms with E-state index < -0.39 is 26.1 Å². The summed E-state index contributed by atoms with van der Waals surface area (Å²) < 4.78 is 56.6. The maximum absolute atomic E-state index is 12.9. The third kappa shape index (κ3) is 5.47. The number of halogens is 1. The number of hydrogen-bond donors (Lipinski definition) is 3. The number of ether oxygens (including phenoxy) is 1. The summed E-state index contributed by atoms with van der Waals surface area (Å²) >= 11 is 6.10. The number of carbonyl (C=O) groups is 1. The molecule has 0 aromatic heterocycles. The van der Waals surface area contributed by atoms with Crippen LogP contribution in [-0.2, 0) is 25.0 Å². The molecule has 0 unspecified atom stereocenters. The zero-order valence-electron chi connectivity index (χ0n) is 15.5. The maximum atomic E-state index is 12.9. The third-order valence-corrected chi connectivity index (χ3v) is 7.06. The van der Waals surface area contributed by atoms with Gasteiger partial charge < -0.3 is 10.1 Å². The number of carbonyl (C=O) groups excluding carboxylic acids is 1. The van der Waals surface area contributed by atoms with E-state index in [0.29, 0.717) is 0 Å². The molecule has 2 aromatic rings. The van der Waals surface area contributed by atoms with Gasteiger partial charge in [0.15, 0.2) is 0 Å². The van der Waals surface area contributed by atoms with Crippen molar-refractivity contribution in [1.29, 1.82) is 0 Å². The predicted molar refractivity (Wildman–Crippen MR) is 112 cm³/mol. The van der Waals surface area contributed by atoms with Crippen LogP contribution in [0.5, 0.6) is 0 Å². The summed E-state index contributed by atoms with van der Waals surface area (Å²) in [7, 11) is -7.87.